The Labute approximate surface area is 98.7 Å². The molecule has 0 radical (unpaired) electrons. The van der Waals surface area contributed by atoms with E-state index < -0.39 is 0 Å². The van der Waals surface area contributed by atoms with Crippen LogP contribution in [0.25, 0.3) is 0 Å². The van der Waals surface area contributed by atoms with Crippen molar-refractivity contribution in [3.8, 4) is 0 Å². The second-order valence-electron chi connectivity index (χ2n) is 3.53. The van der Waals surface area contributed by atoms with Gasteiger partial charge in [-0.2, -0.15) is 0 Å². The van der Waals surface area contributed by atoms with Crippen LogP contribution in [0.1, 0.15) is 40.0 Å². The molecule has 0 fully saturated rings. The first-order valence-corrected chi connectivity index (χ1v) is 7.89. The molecule has 0 aromatic rings. The van der Waals surface area contributed by atoms with Gasteiger partial charge >= 0.3 is 99.0 Å². The molecule has 0 rings (SSSR count). The fraction of sp³-hybridized carbons (Fsp3) is 0.727. The molecular formula is C11H20HgN. The molecule has 2 heteroatoms. The van der Waals surface area contributed by atoms with Gasteiger partial charge in [-0.25, -0.2) is 0 Å². The van der Waals surface area contributed by atoms with Gasteiger partial charge in [0.15, 0.2) is 0 Å². The molecule has 0 aliphatic rings. The molecule has 13 heavy (non-hydrogen) atoms. The van der Waals surface area contributed by atoms with Gasteiger partial charge in [-0.15, -0.1) is 0 Å². The van der Waals surface area contributed by atoms with Crippen molar-refractivity contribution >= 4 is 3.22 Å². The van der Waals surface area contributed by atoms with Gasteiger partial charge in [0, 0.05) is 0 Å². The van der Waals surface area contributed by atoms with Gasteiger partial charge in [0.1, 0.15) is 0 Å². The molecule has 0 spiro atoms. The van der Waals surface area contributed by atoms with E-state index in [1.54, 1.807) is 0 Å². The predicted molar refractivity (Wildman–Crippen MR) is 55.8 cm³/mol. The molecule has 0 saturated heterocycles. The molecule has 71 valence electrons. The topological polar surface area (TPSA) is 12.4 Å². The van der Waals surface area contributed by atoms with E-state index in [4.69, 9.17) is 4.99 Å². The van der Waals surface area contributed by atoms with E-state index in [0.29, 0.717) is 38.1 Å². The summed E-state index contributed by atoms with van der Waals surface area (Å²) >= 11 is 0.700. The maximum atomic E-state index is 4.72. The number of hydrogen-bond acceptors (Lipinski definition) is 1. The molecule has 0 N–H and O–H groups in total. The normalized spacial score (nSPS) is 16.8. The van der Waals surface area contributed by atoms with Crippen LogP contribution in [0, 0.1) is 5.92 Å². The quantitative estimate of drug-likeness (QED) is 0.388. The van der Waals surface area contributed by atoms with Crippen molar-refractivity contribution in [2.24, 2.45) is 10.9 Å². The Balaban J connectivity index is 4.33. The molecule has 0 aliphatic heterocycles. The van der Waals surface area contributed by atoms with E-state index in [-0.39, 0.29) is 0 Å². The van der Waals surface area contributed by atoms with Crippen LogP contribution < -0.4 is 0 Å². The molecule has 2 unspecified atom stereocenters. The summed E-state index contributed by atoms with van der Waals surface area (Å²) in [6, 6.07) is 0.495. The molecule has 2 atom stereocenters. The van der Waals surface area contributed by atoms with Crippen molar-refractivity contribution in [2.75, 3.05) is 0 Å². The van der Waals surface area contributed by atoms with E-state index in [9.17, 15) is 0 Å². The Morgan fingerprint density at radius 1 is 1.54 bits per heavy atom. The van der Waals surface area contributed by atoms with E-state index in [1.165, 1.54) is 16.1 Å². The van der Waals surface area contributed by atoms with Gasteiger partial charge in [-0.1, -0.05) is 0 Å². The van der Waals surface area contributed by atoms with Crippen LogP contribution >= 0.6 is 0 Å². The molecule has 0 amide bonds. The van der Waals surface area contributed by atoms with Crippen molar-refractivity contribution in [3.05, 3.63) is 12.7 Å². The Morgan fingerprint density at radius 3 is 2.46 bits per heavy atom. The van der Waals surface area contributed by atoms with E-state index >= 15 is 0 Å². The van der Waals surface area contributed by atoms with Gasteiger partial charge in [0.05, 0.1) is 0 Å². The van der Waals surface area contributed by atoms with Gasteiger partial charge in [-0.05, 0) is 0 Å². The number of rotatable bonds is 6. The van der Waals surface area contributed by atoms with Crippen LogP contribution in [0.4, 0.5) is 0 Å². The molecule has 0 heterocycles. The monoisotopic (exact) mass is 368 g/mol. The second-order valence-corrected chi connectivity index (χ2v) is 7.51. The first-order valence-electron chi connectivity index (χ1n) is 5.14. The second kappa shape index (κ2) is 7.72. The zero-order chi connectivity index (χ0) is 10.3. The summed E-state index contributed by atoms with van der Waals surface area (Å²) in [5.41, 5.74) is 0. The van der Waals surface area contributed by atoms with E-state index in [0.717, 1.165) is 6.42 Å². The molecule has 1 nitrogen and oxygen atoms in total. The van der Waals surface area contributed by atoms with Gasteiger partial charge < -0.3 is 0 Å². The molecule has 0 aliphatic carbocycles. The SMILES string of the molecule is C=CC(CCC)C(CC)N=[C](C)[Hg]. The zero-order valence-electron chi connectivity index (χ0n) is 9.21. The van der Waals surface area contributed by atoms with Crippen molar-refractivity contribution < 1.29 is 26.1 Å². The first-order chi connectivity index (χ1) is 6.15. The third kappa shape index (κ3) is 5.61. The minimum absolute atomic E-state index is 0.495. The zero-order valence-corrected chi connectivity index (χ0v) is 14.7. The average Bonchev–Trinajstić information content (AvgIpc) is 2.10. The van der Waals surface area contributed by atoms with Crippen LogP contribution in [0.2, 0.25) is 0 Å². The fourth-order valence-electron chi connectivity index (χ4n) is 1.57. The van der Waals surface area contributed by atoms with Crippen LogP contribution in [-0.2, 0) is 26.1 Å². The fourth-order valence-corrected chi connectivity index (χ4v) is 2.49. The van der Waals surface area contributed by atoms with Crippen molar-refractivity contribution in [1.29, 1.82) is 0 Å². The van der Waals surface area contributed by atoms with Gasteiger partial charge in [0.25, 0.3) is 0 Å². The predicted octanol–water partition coefficient (Wildman–Crippen LogP) is 3.33. The summed E-state index contributed by atoms with van der Waals surface area (Å²) in [7, 11) is 0. The summed E-state index contributed by atoms with van der Waals surface area (Å²) in [5, 5.41) is 0. The van der Waals surface area contributed by atoms with Crippen LogP contribution in [0.5, 0.6) is 0 Å². The Morgan fingerprint density at radius 2 is 2.15 bits per heavy atom. The van der Waals surface area contributed by atoms with Crippen LogP contribution in [0.15, 0.2) is 17.6 Å². The Hall–Kier alpha value is 0.345. The molecule has 0 aromatic carbocycles. The summed E-state index contributed by atoms with van der Waals surface area (Å²) in [5.74, 6) is 0.591. The minimum atomic E-state index is 0.495. The van der Waals surface area contributed by atoms with Crippen LogP contribution in [0.3, 0.4) is 0 Å². The van der Waals surface area contributed by atoms with Gasteiger partial charge in [-0.3, -0.25) is 0 Å². The number of hydrogen-bond donors (Lipinski definition) is 0. The summed E-state index contributed by atoms with van der Waals surface area (Å²) in [6.07, 6.45) is 5.68. The van der Waals surface area contributed by atoms with E-state index in [1.807, 2.05) is 0 Å². The Bertz CT molecular complexity index is 171. The van der Waals surface area contributed by atoms with Crippen molar-refractivity contribution in [1.82, 2.24) is 0 Å². The summed E-state index contributed by atoms with van der Waals surface area (Å²) < 4.78 is 1.37. The molecular weight excluding hydrogens is 347 g/mol. The van der Waals surface area contributed by atoms with Crippen molar-refractivity contribution in [3.63, 3.8) is 0 Å². The summed E-state index contributed by atoms with van der Waals surface area (Å²) in [6.45, 7) is 10.5. The maximum absolute atomic E-state index is 4.72. The third-order valence-corrected chi connectivity index (χ3v) is 2.93. The first kappa shape index (κ1) is 13.3. The van der Waals surface area contributed by atoms with Crippen molar-refractivity contribution in [2.45, 2.75) is 46.1 Å². The summed E-state index contributed by atoms with van der Waals surface area (Å²) in [4.78, 5) is 4.72. The standard InChI is InChI=1S/C11H20N.Hg/c1-5-9-10(6-2)11(7-3)12-8-4;/h6,10-11H,2,5,7,9H2,1,3-4H3;. The Kier molecular flexibility index (Phi) is 7.93. The molecule has 0 aromatic heterocycles. The number of nitrogens with zero attached hydrogens (tertiary/aromatic N) is 1. The van der Waals surface area contributed by atoms with Gasteiger partial charge in [0.2, 0.25) is 0 Å². The molecule has 0 saturated carbocycles. The molecule has 0 bridgehead atoms. The third-order valence-electron chi connectivity index (χ3n) is 2.22. The average molecular weight is 367 g/mol. The van der Waals surface area contributed by atoms with E-state index in [2.05, 4.69) is 33.4 Å². The number of aliphatic imine (C=N–C) groups is 1. The van der Waals surface area contributed by atoms with Crippen LogP contribution in [-0.4, -0.2) is 9.26 Å².